The molecule has 4 rings (SSSR count). The number of hydrogen-bond acceptors (Lipinski definition) is 4. The van der Waals surface area contributed by atoms with Crippen LogP contribution in [0.5, 0.6) is 5.75 Å². The Bertz CT molecular complexity index is 1300. The molecule has 0 aliphatic carbocycles. The molecule has 1 heterocycles. The number of benzene rings is 3. The van der Waals surface area contributed by atoms with Crippen molar-refractivity contribution in [2.45, 2.75) is 32.2 Å². The van der Waals surface area contributed by atoms with Crippen LogP contribution in [0.25, 0.3) is 0 Å². The summed E-state index contributed by atoms with van der Waals surface area (Å²) in [5.74, 6) is -0.382. The summed E-state index contributed by atoms with van der Waals surface area (Å²) in [7, 11) is 0. The molecule has 1 atom stereocenters. The van der Waals surface area contributed by atoms with Gasteiger partial charge in [0.15, 0.2) is 0 Å². The number of ether oxygens (including phenoxy) is 1. The topological polar surface area (TPSA) is 108 Å². The largest absolute Gasteiger partial charge is 0.491 e. The summed E-state index contributed by atoms with van der Waals surface area (Å²) in [5.41, 5.74) is 3.27. The van der Waals surface area contributed by atoms with Crippen LogP contribution in [-0.2, 0) is 11.2 Å². The Labute approximate surface area is 223 Å². The van der Waals surface area contributed by atoms with Gasteiger partial charge in [0, 0.05) is 16.7 Å². The number of carboxylic acids is 1. The van der Waals surface area contributed by atoms with Gasteiger partial charge in [-0.05, 0) is 89.3 Å². The zero-order valence-electron chi connectivity index (χ0n) is 20.4. The third-order valence-electron chi connectivity index (χ3n) is 6.26. The molecule has 3 amide bonds. The predicted octanol–water partition coefficient (Wildman–Crippen LogP) is 5.71. The number of carbonyl (C=O) groups excluding carboxylic acids is 2. The third kappa shape index (κ3) is 6.89. The highest BCUT2D eigenvalue weighted by Crippen LogP contribution is 2.24. The van der Waals surface area contributed by atoms with Gasteiger partial charge in [-0.1, -0.05) is 24.3 Å². The average Bonchev–Trinajstić information content (AvgIpc) is 3.35. The summed E-state index contributed by atoms with van der Waals surface area (Å²) >= 11 is 3.41. The number of hydrogen-bond donors (Lipinski definition) is 3. The van der Waals surface area contributed by atoms with Gasteiger partial charge >= 0.3 is 12.0 Å². The number of carboxylic acid groups (broad SMARTS) is 1. The molecular formula is C28H28BrN3O5. The van der Waals surface area contributed by atoms with Crippen molar-refractivity contribution in [3.8, 4) is 5.75 Å². The first-order valence-corrected chi connectivity index (χ1v) is 12.8. The van der Waals surface area contributed by atoms with Crippen molar-refractivity contribution in [2.75, 3.05) is 23.8 Å². The van der Waals surface area contributed by atoms with Crippen LogP contribution in [0.3, 0.4) is 0 Å². The van der Waals surface area contributed by atoms with Crippen molar-refractivity contribution in [2.24, 2.45) is 0 Å². The van der Waals surface area contributed by atoms with Crippen molar-refractivity contribution in [1.82, 2.24) is 4.90 Å². The van der Waals surface area contributed by atoms with Gasteiger partial charge in [0.2, 0.25) is 5.91 Å². The zero-order valence-corrected chi connectivity index (χ0v) is 22.0. The quantitative estimate of drug-likeness (QED) is 0.324. The number of likely N-dealkylation sites (tertiary alicyclic amines) is 1. The number of halogens is 1. The minimum Gasteiger partial charge on any atom is -0.491 e. The van der Waals surface area contributed by atoms with E-state index in [0.717, 1.165) is 28.4 Å². The molecule has 9 heteroatoms. The fourth-order valence-corrected chi connectivity index (χ4v) is 4.70. The van der Waals surface area contributed by atoms with E-state index in [1.807, 2.05) is 48.2 Å². The fraction of sp³-hybridized carbons (Fsp3) is 0.250. The molecule has 3 aromatic carbocycles. The van der Waals surface area contributed by atoms with Crippen LogP contribution < -0.4 is 15.4 Å². The number of urea groups is 1. The number of para-hydroxylation sites is 1. The summed E-state index contributed by atoms with van der Waals surface area (Å²) in [5, 5.41) is 14.7. The number of aromatic carboxylic acids is 1. The standard InChI is InChI=1S/C28H28BrN3O5/c1-18-15-19(8-13-24(18)30-28(36)31-25-7-3-2-6-23(25)29)16-26(33)32-14-4-5-21(32)17-37-22-11-9-20(10-12-22)27(34)35/h2-3,6-13,15,21H,4-5,14,16-17H2,1H3,(H,34,35)(H2,30,31,36). The van der Waals surface area contributed by atoms with E-state index in [2.05, 4.69) is 26.6 Å². The van der Waals surface area contributed by atoms with E-state index in [4.69, 9.17) is 9.84 Å². The van der Waals surface area contributed by atoms with E-state index in [1.165, 1.54) is 12.1 Å². The summed E-state index contributed by atoms with van der Waals surface area (Å²) in [6.45, 7) is 2.93. The van der Waals surface area contributed by atoms with Gasteiger partial charge in [0.25, 0.3) is 0 Å². The SMILES string of the molecule is Cc1cc(CC(=O)N2CCCC2COc2ccc(C(=O)O)cc2)ccc1NC(=O)Nc1ccccc1Br. The molecule has 0 spiro atoms. The second kappa shape index (κ2) is 11.9. The van der Waals surface area contributed by atoms with Crippen molar-refractivity contribution in [3.63, 3.8) is 0 Å². The molecule has 3 N–H and O–H groups in total. The first-order chi connectivity index (χ1) is 17.8. The molecule has 3 aromatic rings. The molecule has 0 radical (unpaired) electrons. The first kappa shape index (κ1) is 26.2. The highest BCUT2D eigenvalue weighted by molar-refractivity contribution is 9.10. The number of aryl methyl sites for hydroxylation is 1. The lowest BCUT2D eigenvalue weighted by Gasteiger charge is -2.25. The number of rotatable bonds is 8. The molecule has 1 unspecified atom stereocenters. The van der Waals surface area contributed by atoms with Gasteiger partial charge in [-0.25, -0.2) is 9.59 Å². The van der Waals surface area contributed by atoms with Crippen LogP contribution in [0.2, 0.25) is 0 Å². The van der Waals surface area contributed by atoms with E-state index >= 15 is 0 Å². The number of amides is 3. The van der Waals surface area contributed by atoms with Crippen LogP contribution in [0.15, 0.2) is 71.2 Å². The highest BCUT2D eigenvalue weighted by Gasteiger charge is 2.29. The second-order valence-corrected chi connectivity index (χ2v) is 9.76. The Morgan fingerprint density at radius 1 is 1.03 bits per heavy atom. The van der Waals surface area contributed by atoms with E-state index < -0.39 is 5.97 Å². The Kier molecular flexibility index (Phi) is 8.45. The normalized spacial score (nSPS) is 14.8. The fourth-order valence-electron chi connectivity index (χ4n) is 4.31. The maximum Gasteiger partial charge on any atom is 0.335 e. The van der Waals surface area contributed by atoms with Gasteiger partial charge < -0.3 is 25.4 Å². The molecule has 0 aromatic heterocycles. The maximum absolute atomic E-state index is 13.1. The summed E-state index contributed by atoms with van der Waals surface area (Å²) in [4.78, 5) is 38.4. The van der Waals surface area contributed by atoms with Crippen molar-refractivity contribution in [1.29, 1.82) is 0 Å². The molecule has 0 saturated carbocycles. The molecule has 1 fully saturated rings. The molecular weight excluding hydrogens is 538 g/mol. The second-order valence-electron chi connectivity index (χ2n) is 8.91. The van der Waals surface area contributed by atoms with E-state index in [1.54, 1.807) is 18.2 Å². The maximum atomic E-state index is 13.1. The summed E-state index contributed by atoms with van der Waals surface area (Å²) in [6.07, 6.45) is 2.02. The van der Waals surface area contributed by atoms with Crippen molar-refractivity contribution < 1.29 is 24.2 Å². The minimum absolute atomic E-state index is 0.0269. The number of nitrogens with one attached hydrogen (secondary N) is 2. The van der Waals surface area contributed by atoms with Gasteiger partial charge in [0.1, 0.15) is 12.4 Å². The molecule has 0 bridgehead atoms. The predicted molar refractivity (Wildman–Crippen MR) is 145 cm³/mol. The highest BCUT2D eigenvalue weighted by atomic mass is 79.9. The molecule has 1 aliphatic heterocycles. The van der Waals surface area contributed by atoms with Gasteiger partial charge in [0.05, 0.1) is 23.7 Å². The molecule has 37 heavy (non-hydrogen) atoms. The Morgan fingerprint density at radius 2 is 1.76 bits per heavy atom. The zero-order chi connectivity index (χ0) is 26.4. The van der Waals surface area contributed by atoms with Crippen molar-refractivity contribution >= 4 is 45.2 Å². The van der Waals surface area contributed by atoms with E-state index in [-0.39, 0.29) is 30.0 Å². The van der Waals surface area contributed by atoms with E-state index in [9.17, 15) is 14.4 Å². The average molecular weight is 566 g/mol. The van der Waals surface area contributed by atoms with Crippen molar-refractivity contribution in [3.05, 3.63) is 87.9 Å². The lowest BCUT2D eigenvalue weighted by Crippen LogP contribution is -2.39. The lowest BCUT2D eigenvalue weighted by molar-refractivity contribution is -0.131. The van der Waals surface area contributed by atoms with Crippen LogP contribution in [0.1, 0.15) is 34.3 Å². The lowest BCUT2D eigenvalue weighted by atomic mass is 10.1. The summed E-state index contributed by atoms with van der Waals surface area (Å²) in [6, 6.07) is 18.8. The number of nitrogens with zero attached hydrogens (tertiary/aromatic N) is 1. The Balaban J connectivity index is 1.31. The van der Waals surface area contributed by atoms with Crippen LogP contribution in [0, 0.1) is 6.92 Å². The Morgan fingerprint density at radius 3 is 2.46 bits per heavy atom. The van der Waals surface area contributed by atoms with Crippen LogP contribution >= 0.6 is 15.9 Å². The Hall–Kier alpha value is -3.85. The summed E-state index contributed by atoms with van der Waals surface area (Å²) < 4.78 is 6.63. The van der Waals surface area contributed by atoms with Gasteiger partial charge in [-0.15, -0.1) is 0 Å². The molecule has 8 nitrogen and oxygen atoms in total. The monoisotopic (exact) mass is 565 g/mol. The molecule has 192 valence electrons. The molecule has 1 saturated heterocycles. The van der Waals surface area contributed by atoms with Gasteiger partial charge in [-0.2, -0.15) is 0 Å². The van der Waals surface area contributed by atoms with Crippen LogP contribution in [-0.4, -0.2) is 47.1 Å². The molecule has 1 aliphatic rings. The van der Waals surface area contributed by atoms with Gasteiger partial charge in [-0.3, -0.25) is 4.79 Å². The van der Waals surface area contributed by atoms with Crippen LogP contribution in [0.4, 0.5) is 16.2 Å². The smallest absolute Gasteiger partial charge is 0.335 e. The minimum atomic E-state index is -0.984. The number of anilines is 2. The van der Waals surface area contributed by atoms with E-state index in [0.29, 0.717) is 30.3 Å². The number of carbonyl (C=O) groups is 3. The first-order valence-electron chi connectivity index (χ1n) is 12.0. The third-order valence-corrected chi connectivity index (χ3v) is 6.95.